The van der Waals surface area contributed by atoms with Gasteiger partial charge in [0.05, 0.1) is 32.9 Å². The number of hydrogen-bond acceptors (Lipinski definition) is 7. The van der Waals surface area contributed by atoms with Gasteiger partial charge in [-0.3, -0.25) is 14.5 Å². The standard InChI is InChI=1S/C23H27N3O6/c1-29-17-5-3-16(4-6-17)11-23(28)26-9-7-25(8-10-26)14-22(27)24-18-12-20-21(32-15-31-20)13-19(18)30-2/h3-6,12-13H,7-11,14-15H2,1-2H3,(H,24,27). The highest BCUT2D eigenvalue weighted by Gasteiger charge is 2.24. The molecular weight excluding hydrogens is 414 g/mol. The van der Waals surface area contributed by atoms with Crippen molar-refractivity contribution in [1.82, 2.24) is 9.80 Å². The zero-order valence-corrected chi connectivity index (χ0v) is 18.3. The Morgan fingerprint density at radius 2 is 1.66 bits per heavy atom. The minimum Gasteiger partial charge on any atom is -0.497 e. The summed E-state index contributed by atoms with van der Waals surface area (Å²) in [7, 11) is 3.15. The summed E-state index contributed by atoms with van der Waals surface area (Å²) in [5, 5.41) is 2.88. The van der Waals surface area contributed by atoms with Crippen LogP contribution in [0, 0.1) is 0 Å². The van der Waals surface area contributed by atoms with Gasteiger partial charge in [0.25, 0.3) is 0 Å². The summed E-state index contributed by atoms with van der Waals surface area (Å²) in [5.41, 5.74) is 1.49. The Morgan fingerprint density at radius 1 is 0.969 bits per heavy atom. The van der Waals surface area contributed by atoms with E-state index in [1.165, 1.54) is 7.11 Å². The highest BCUT2D eigenvalue weighted by Crippen LogP contribution is 2.40. The Kier molecular flexibility index (Phi) is 6.65. The molecule has 9 nitrogen and oxygen atoms in total. The van der Waals surface area contributed by atoms with Crippen LogP contribution in [0.1, 0.15) is 5.56 Å². The molecule has 32 heavy (non-hydrogen) atoms. The Hall–Kier alpha value is -3.46. The largest absolute Gasteiger partial charge is 0.497 e. The van der Waals surface area contributed by atoms with Crippen molar-refractivity contribution in [3.63, 3.8) is 0 Å². The van der Waals surface area contributed by atoms with E-state index in [9.17, 15) is 9.59 Å². The SMILES string of the molecule is COc1ccc(CC(=O)N2CCN(CC(=O)Nc3cc4c(cc3OC)OCO4)CC2)cc1. The number of rotatable bonds is 7. The number of anilines is 1. The quantitative estimate of drug-likeness (QED) is 0.700. The molecule has 0 saturated carbocycles. The summed E-state index contributed by atoms with van der Waals surface area (Å²) in [6.45, 7) is 2.85. The molecule has 2 aromatic rings. The van der Waals surface area contributed by atoms with Crippen LogP contribution in [0.15, 0.2) is 36.4 Å². The first-order valence-corrected chi connectivity index (χ1v) is 10.5. The molecule has 9 heteroatoms. The second-order valence-electron chi connectivity index (χ2n) is 7.64. The Morgan fingerprint density at radius 3 is 2.31 bits per heavy atom. The van der Waals surface area contributed by atoms with Gasteiger partial charge in [-0.15, -0.1) is 0 Å². The molecule has 0 spiro atoms. The maximum Gasteiger partial charge on any atom is 0.238 e. The average molecular weight is 441 g/mol. The zero-order chi connectivity index (χ0) is 22.5. The van der Waals surface area contributed by atoms with Crippen molar-refractivity contribution in [2.75, 3.05) is 59.1 Å². The second kappa shape index (κ2) is 9.78. The third kappa shape index (κ3) is 5.05. The van der Waals surface area contributed by atoms with E-state index < -0.39 is 0 Å². The number of hydrogen-bond donors (Lipinski definition) is 1. The molecule has 1 N–H and O–H groups in total. The first-order valence-electron chi connectivity index (χ1n) is 10.5. The van der Waals surface area contributed by atoms with Crippen LogP contribution in [-0.2, 0) is 16.0 Å². The van der Waals surface area contributed by atoms with E-state index in [-0.39, 0.29) is 25.2 Å². The minimum atomic E-state index is -0.153. The van der Waals surface area contributed by atoms with E-state index >= 15 is 0 Å². The number of nitrogens with one attached hydrogen (secondary N) is 1. The molecule has 2 aliphatic rings. The van der Waals surface area contributed by atoms with Crippen LogP contribution in [0.4, 0.5) is 5.69 Å². The van der Waals surface area contributed by atoms with Crippen LogP contribution in [-0.4, -0.2) is 75.4 Å². The number of carbonyl (C=O) groups excluding carboxylic acids is 2. The average Bonchev–Trinajstić information content (AvgIpc) is 3.26. The summed E-state index contributed by atoms with van der Waals surface area (Å²) in [5.74, 6) is 2.38. The lowest BCUT2D eigenvalue weighted by Gasteiger charge is -2.34. The van der Waals surface area contributed by atoms with E-state index in [1.54, 1.807) is 19.2 Å². The van der Waals surface area contributed by atoms with Crippen LogP contribution in [0.25, 0.3) is 0 Å². The van der Waals surface area contributed by atoms with Crippen molar-refractivity contribution < 1.29 is 28.5 Å². The predicted molar refractivity (Wildman–Crippen MR) is 117 cm³/mol. The van der Waals surface area contributed by atoms with E-state index in [4.69, 9.17) is 18.9 Å². The molecule has 0 aromatic heterocycles. The lowest BCUT2D eigenvalue weighted by molar-refractivity contribution is -0.132. The lowest BCUT2D eigenvalue weighted by atomic mass is 10.1. The summed E-state index contributed by atoms with van der Waals surface area (Å²) in [6, 6.07) is 10.9. The van der Waals surface area contributed by atoms with Gasteiger partial charge in [-0.2, -0.15) is 0 Å². The summed E-state index contributed by atoms with van der Waals surface area (Å²) in [4.78, 5) is 29.1. The van der Waals surface area contributed by atoms with Gasteiger partial charge in [0, 0.05) is 38.3 Å². The predicted octanol–water partition coefficient (Wildman–Crippen LogP) is 1.76. The first kappa shape index (κ1) is 21.8. The lowest BCUT2D eigenvalue weighted by Crippen LogP contribution is -2.50. The van der Waals surface area contributed by atoms with Crippen LogP contribution in [0.5, 0.6) is 23.0 Å². The van der Waals surface area contributed by atoms with Crippen molar-refractivity contribution in [2.24, 2.45) is 0 Å². The molecule has 0 atom stereocenters. The Bertz CT molecular complexity index is 970. The first-order chi connectivity index (χ1) is 15.6. The second-order valence-corrected chi connectivity index (χ2v) is 7.64. The number of benzene rings is 2. The maximum atomic E-state index is 12.6. The van der Waals surface area contributed by atoms with Crippen molar-refractivity contribution >= 4 is 17.5 Å². The number of piperazine rings is 1. The van der Waals surface area contributed by atoms with E-state index in [1.807, 2.05) is 34.1 Å². The molecule has 2 heterocycles. The molecule has 2 aliphatic heterocycles. The number of nitrogens with zero attached hydrogens (tertiary/aromatic N) is 2. The van der Waals surface area contributed by atoms with Gasteiger partial charge in [-0.05, 0) is 17.7 Å². The monoisotopic (exact) mass is 441 g/mol. The van der Waals surface area contributed by atoms with Crippen LogP contribution in [0.3, 0.4) is 0 Å². The molecule has 0 bridgehead atoms. The molecule has 2 aromatic carbocycles. The van der Waals surface area contributed by atoms with Crippen LogP contribution < -0.4 is 24.3 Å². The fourth-order valence-electron chi connectivity index (χ4n) is 3.77. The number of carbonyl (C=O) groups is 2. The van der Waals surface area contributed by atoms with Crippen molar-refractivity contribution in [3.05, 3.63) is 42.0 Å². The molecule has 170 valence electrons. The normalized spacial score (nSPS) is 15.4. The van der Waals surface area contributed by atoms with Crippen molar-refractivity contribution in [1.29, 1.82) is 0 Å². The summed E-state index contributed by atoms with van der Waals surface area (Å²) < 4.78 is 21.2. The van der Waals surface area contributed by atoms with Crippen molar-refractivity contribution in [3.8, 4) is 23.0 Å². The number of methoxy groups -OCH3 is 2. The fraction of sp³-hybridized carbons (Fsp3) is 0.391. The number of ether oxygens (including phenoxy) is 4. The molecule has 2 amide bonds. The van der Waals surface area contributed by atoms with Crippen molar-refractivity contribution in [2.45, 2.75) is 6.42 Å². The van der Waals surface area contributed by atoms with Gasteiger partial charge in [-0.25, -0.2) is 0 Å². The highest BCUT2D eigenvalue weighted by atomic mass is 16.7. The molecule has 1 saturated heterocycles. The summed E-state index contributed by atoms with van der Waals surface area (Å²) in [6.07, 6.45) is 0.356. The zero-order valence-electron chi connectivity index (χ0n) is 18.3. The van der Waals surface area contributed by atoms with E-state index in [0.29, 0.717) is 55.5 Å². The van der Waals surface area contributed by atoms with E-state index in [2.05, 4.69) is 5.32 Å². The van der Waals surface area contributed by atoms with Gasteiger partial charge in [0.15, 0.2) is 11.5 Å². The molecule has 0 unspecified atom stereocenters. The molecule has 4 rings (SSSR count). The van der Waals surface area contributed by atoms with Gasteiger partial charge in [0.1, 0.15) is 11.5 Å². The highest BCUT2D eigenvalue weighted by molar-refractivity contribution is 5.94. The van der Waals surface area contributed by atoms with Crippen LogP contribution in [0.2, 0.25) is 0 Å². The van der Waals surface area contributed by atoms with Gasteiger partial charge >= 0.3 is 0 Å². The number of amides is 2. The molecule has 1 fully saturated rings. The molecule has 0 aliphatic carbocycles. The van der Waals surface area contributed by atoms with Gasteiger partial charge < -0.3 is 29.2 Å². The van der Waals surface area contributed by atoms with Crippen LogP contribution >= 0.6 is 0 Å². The third-order valence-corrected chi connectivity index (χ3v) is 5.58. The third-order valence-electron chi connectivity index (χ3n) is 5.58. The van der Waals surface area contributed by atoms with Gasteiger partial charge in [-0.1, -0.05) is 12.1 Å². The fourth-order valence-corrected chi connectivity index (χ4v) is 3.77. The Balaban J connectivity index is 1.26. The minimum absolute atomic E-state index is 0.0874. The molecular formula is C23H27N3O6. The smallest absolute Gasteiger partial charge is 0.238 e. The number of fused-ring (bicyclic) bond motifs is 1. The maximum absolute atomic E-state index is 12.6. The van der Waals surface area contributed by atoms with E-state index in [0.717, 1.165) is 11.3 Å². The summed E-state index contributed by atoms with van der Waals surface area (Å²) >= 11 is 0. The topological polar surface area (TPSA) is 89.6 Å². The Labute approximate surface area is 186 Å². The molecule has 0 radical (unpaired) electrons. The van der Waals surface area contributed by atoms with Gasteiger partial charge in [0.2, 0.25) is 18.6 Å².